The highest BCUT2D eigenvalue weighted by atomic mass is 35.5. The fourth-order valence-corrected chi connectivity index (χ4v) is 3.69. The van der Waals surface area contributed by atoms with Crippen LogP contribution in [0.4, 0.5) is 5.69 Å². The van der Waals surface area contributed by atoms with E-state index < -0.39 is 0 Å². The van der Waals surface area contributed by atoms with Gasteiger partial charge in [-0.25, -0.2) is 0 Å². The Morgan fingerprint density at radius 3 is 2.39 bits per heavy atom. The van der Waals surface area contributed by atoms with Crippen molar-refractivity contribution >= 4 is 23.5 Å². The predicted molar refractivity (Wildman–Crippen MR) is 117 cm³/mol. The Labute approximate surface area is 172 Å². The number of phenols is 1. The van der Waals surface area contributed by atoms with Gasteiger partial charge in [0, 0.05) is 41.0 Å². The van der Waals surface area contributed by atoms with Crippen molar-refractivity contribution in [3.8, 4) is 5.75 Å². The number of quaternary nitrogens is 1. The fourth-order valence-electron chi connectivity index (χ4n) is 3.56. The van der Waals surface area contributed by atoms with Crippen LogP contribution in [0.1, 0.15) is 25.0 Å². The number of hydrogen-bond acceptors (Lipinski definition) is 4. The van der Waals surface area contributed by atoms with E-state index in [4.69, 9.17) is 11.6 Å². The van der Waals surface area contributed by atoms with Crippen LogP contribution in [0, 0.1) is 0 Å². The third-order valence-corrected chi connectivity index (χ3v) is 5.57. The lowest BCUT2D eigenvalue weighted by atomic mass is 10.2. The summed E-state index contributed by atoms with van der Waals surface area (Å²) in [7, 11) is 0. The Hall–Kier alpha value is -2.24. The smallest absolute Gasteiger partial charge is 0.126 e. The molecule has 1 aliphatic rings. The molecule has 0 atom stereocenters. The zero-order chi connectivity index (χ0) is 19.9. The molecule has 0 radical (unpaired) electrons. The highest BCUT2D eigenvalue weighted by Gasteiger charge is 2.18. The van der Waals surface area contributed by atoms with Gasteiger partial charge >= 0.3 is 0 Å². The van der Waals surface area contributed by atoms with E-state index in [1.165, 1.54) is 5.56 Å². The Bertz CT molecular complexity index is 782. The predicted octanol–water partition coefficient (Wildman–Crippen LogP) is 2.63. The maximum atomic E-state index is 10.3. The van der Waals surface area contributed by atoms with Gasteiger partial charge in [-0.15, -0.1) is 0 Å². The molecule has 0 bridgehead atoms. The van der Waals surface area contributed by atoms with Crippen LogP contribution in [0.5, 0.6) is 5.75 Å². The van der Waals surface area contributed by atoms with Gasteiger partial charge in [-0.05, 0) is 38.1 Å². The number of rotatable bonds is 7. The molecule has 1 saturated heterocycles. The van der Waals surface area contributed by atoms with Crippen LogP contribution in [0.25, 0.3) is 0 Å². The Kier molecular flexibility index (Phi) is 7.18. The SMILES string of the molecule is CCN(CC)c1ccc(C=NN2CC[NH+](Cc3ccc(Cl)cc3)CC2)c(O)c1. The standard InChI is InChI=1S/C22H29ClN4O/c1-3-26(4-2)21-10-7-19(22(28)15-21)16-24-27-13-11-25(12-14-27)17-18-5-8-20(23)9-6-18/h5-10,15-16,28H,3-4,11-14,17H2,1-2H3/p+1. The summed E-state index contributed by atoms with van der Waals surface area (Å²) in [6, 6.07) is 13.9. The van der Waals surface area contributed by atoms with E-state index in [2.05, 4.69) is 41.0 Å². The monoisotopic (exact) mass is 401 g/mol. The molecule has 2 aromatic rings. The summed E-state index contributed by atoms with van der Waals surface area (Å²) in [5.41, 5.74) is 3.11. The van der Waals surface area contributed by atoms with Crippen LogP contribution in [0.2, 0.25) is 5.02 Å². The molecule has 3 rings (SSSR count). The van der Waals surface area contributed by atoms with Crippen molar-refractivity contribution < 1.29 is 10.0 Å². The molecule has 0 unspecified atom stereocenters. The van der Waals surface area contributed by atoms with Crippen molar-refractivity contribution in [2.24, 2.45) is 5.10 Å². The number of benzene rings is 2. The van der Waals surface area contributed by atoms with E-state index in [0.717, 1.165) is 62.1 Å². The van der Waals surface area contributed by atoms with E-state index >= 15 is 0 Å². The van der Waals surface area contributed by atoms with Crippen LogP contribution in [-0.4, -0.2) is 55.6 Å². The second kappa shape index (κ2) is 9.80. The lowest BCUT2D eigenvalue weighted by Crippen LogP contribution is -3.13. The first kappa shape index (κ1) is 20.5. The van der Waals surface area contributed by atoms with E-state index in [9.17, 15) is 5.11 Å². The van der Waals surface area contributed by atoms with Gasteiger partial charge < -0.3 is 14.9 Å². The first-order valence-electron chi connectivity index (χ1n) is 10.0. The zero-order valence-corrected chi connectivity index (χ0v) is 17.5. The Morgan fingerprint density at radius 2 is 1.79 bits per heavy atom. The van der Waals surface area contributed by atoms with Crippen molar-refractivity contribution in [1.82, 2.24) is 5.01 Å². The van der Waals surface area contributed by atoms with E-state index in [1.54, 1.807) is 11.1 Å². The number of aromatic hydroxyl groups is 1. The molecule has 2 aromatic carbocycles. The van der Waals surface area contributed by atoms with Crippen molar-refractivity contribution in [3.05, 3.63) is 58.6 Å². The highest BCUT2D eigenvalue weighted by molar-refractivity contribution is 6.30. The highest BCUT2D eigenvalue weighted by Crippen LogP contribution is 2.23. The van der Waals surface area contributed by atoms with Gasteiger partial charge in [0.25, 0.3) is 0 Å². The quantitative estimate of drug-likeness (QED) is 0.701. The molecule has 28 heavy (non-hydrogen) atoms. The first-order chi connectivity index (χ1) is 13.6. The van der Waals surface area contributed by atoms with E-state index in [0.29, 0.717) is 0 Å². The third kappa shape index (κ3) is 5.40. The van der Waals surface area contributed by atoms with E-state index in [-0.39, 0.29) is 5.75 Å². The number of piperazine rings is 1. The number of anilines is 1. The van der Waals surface area contributed by atoms with Crippen LogP contribution < -0.4 is 9.80 Å². The van der Waals surface area contributed by atoms with Crippen molar-refractivity contribution in [1.29, 1.82) is 0 Å². The molecule has 0 saturated carbocycles. The average molecular weight is 402 g/mol. The molecular formula is C22H30ClN4O+. The molecule has 0 aromatic heterocycles. The maximum Gasteiger partial charge on any atom is 0.126 e. The van der Waals surface area contributed by atoms with Gasteiger partial charge in [-0.2, -0.15) is 5.10 Å². The molecule has 0 aliphatic carbocycles. The number of halogens is 1. The first-order valence-corrected chi connectivity index (χ1v) is 10.4. The number of nitrogens with zero attached hydrogens (tertiary/aromatic N) is 3. The average Bonchev–Trinajstić information content (AvgIpc) is 2.71. The lowest BCUT2D eigenvalue weighted by Gasteiger charge is -2.30. The van der Waals surface area contributed by atoms with Gasteiger partial charge in [-0.3, -0.25) is 5.01 Å². The summed E-state index contributed by atoms with van der Waals surface area (Å²) >= 11 is 5.96. The minimum Gasteiger partial charge on any atom is -0.507 e. The van der Waals surface area contributed by atoms with Crippen LogP contribution in [0.3, 0.4) is 0 Å². The van der Waals surface area contributed by atoms with Gasteiger partial charge in [0.15, 0.2) is 0 Å². The minimum atomic E-state index is 0.278. The van der Waals surface area contributed by atoms with Gasteiger partial charge in [0.2, 0.25) is 0 Å². The topological polar surface area (TPSA) is 43.5 Å². The van der Waals surface area contributed by atoms with E-state index in [1.807, 2.05) is 30.3 Å². The second-order valence-corrected chi connectivity index (χ2v) is 7.60. The maximum absolute atomic E-state index is 10.3. The molecule has 0 amide bonds. The molecule has 2 N–H and O–H groups in total. The molecular weight excluding hydrogens is 372 g/mol. The number of phenolic OH excluding ortho intramolecular Hbond substituents is 1. The van der Waals surface area contributed by atoms with Crippen LogP contribution in [0.15, 0.2) is 47.6 Å². The number of hydrogen-bond donors (Lipinski definition) is 2. The van der Waals surface area contributed by atoms with Gasteiger partial charge in [0.1, 0.15) is 12.3 Å². The summed E-state index contributed by atoms with van der Waals surface area (Å²) in [6.45, 7) is 11.0. The normalized spacial score (nSPS) is 15.3. The second-order valence-electron chi connectivity index (χ2n) is 7.17. The largest absolute Gasteiger partial charge is 0.507 e. The molecule has 5 nitrogen and oxygen atoms in total. The summed E-state index contributed by atoms with van der Waals surface area (Å²) < 4.78 is 0. The minimum absolute atomic E-state index is 0.278. The lowest BCUT2D eigenvalue weighted by molar-refractivity contribution is -0.918. The van der Waals surface area contributed by atoms with Gasteiger partial charge in [0.05, 0.1) is 32.4 Å². The van der Waals surface area contributed by atoms with Gasteiger partial charge in [-0.1, -0.05) is 23.7 Å². The van der Waals surface area contributed by atoms with Crippen molar-refractivity contribution in [2.75, 3.05) is 44.2 Å². The molecule has 1 fully saturated rings. The Morgan fingerprint density at radius 1 is 1.11 bits per heavy atom. The molecule has 1 aliphatic heterocycles. The molecule has 6 heteroatoms. The number of hydrazone groups is 1. The van der Waals surface area contributed by atoms with Crippen molar-refractivity contribution in [2.45, 2.75) is 20.4 Å². The number of nitrogens with one attached hydrogen (secondary N) is 1. The summed E-state index contributed by atoms with van der Waals surface area (Å²) in [6.07, 6.45) is 1.77. The van der Waals surface area contributed by atoms with Crippen LogP contribution >= 0.6 is 11.6 Å². The fraction of sp³-hybridized carbons (Fsp3) is 0.409. The van der Waals surface area contributed by atoms with Crippen LogP contribution in [-0.2, 0) is 6.54 Å². The summed E-state index contributed by atoms with van der Waals surface area (Å²) in [5.74, 6) is 0.278. The molecule has 150 valence electrons. The zero-order valence-electron chi connectivity index (χ0n) is 16.7. The Balaban J connectivity index is 1.52. The molecule has 1 heterocycles. The summed E-state index contributed by atoms with van der Waals surface area (Å²) in [4.78, 5) is 3.77. The third-order valence-electron chi connectivity index (χ3n) is 5.32. The molecule has 0 spiro atoms. The van der Waals surface area contributed by atoms with Crippen molar-refractivity contribution in [3.63, 3.8) is 0 Å². The summed E-state index contributed by atoms with van der Waals surface area (Å²) in [5, 5.41) is 17.8.